The van der Waals surface area contributed by atoms with Crippen molar-refractivity contribution in [3.63, 3.8) is 0 Å². The van der Waals surface area contributed by atoms with E-state index in [1.54, 1.807) is 0 Å². The second-order valence-electron chi connectivity index (χ2n) is 4.71. The molecule has 0 amide bonds. The zero-order valence-corrected chi connectivity index (χ0v) is 10.1. The van der Waals surface area contributed by atoms with Crippen LogP contribution in [0.25, 0.3) is 10.9 Å². The van der Waals surface area contributed by atoms with Crippen LogP contribution in [0.3, 0.4) is 0 Å². The summed E-state index contributed by atoms with van der Waals surface area (Å²) in [6.07, 6.45) is 0.425. The lowest BCUT2D eigenvalue weighted by Crippen LogP contribution is -2.11. The Labute approximate surface area is 96.5 Å². The van der Waals surface area contributed by atoms with Crippen LogP contribution in [0, 0.1) is 0 Å². The largest absolute Gasteiger partial charge is 0.393 e. The maximum Gasteiger partial charge on any atom is 0.0566 e. The van der Waals surface area contributed by atoms with Gasteiger partial charge in [0.05, 0.1) is 6.10 Å². The number of aliphatic hydroxyl groups excluding tert-OH is 1. The molecule has 2 nitrogen and oxygen atoms in total. The van der Waals surface area contributed by atoms with E-state index < -0.39 is 0 Å². The van der Waals surface area contributed by atoms with E-state index in [-0.39, 0.29) is 6.10 Å². The fourth-order valence-corrected chi connectivity index (χ4v) is 2.30. The Hall–Kier alpha value is -1.28. The standard InChI is InChI=1S/C14H19NO/c1-10(2)15-13(8-11(3)16)9-12-6-4-5-7-14(12)15/h4-7,9-11,16H,8H2,1-3H3. The lowest BCUT2D eigenvalue weighted by molar-refractivity contribution is 0.192. The highest BCUT2D eigenvalue weighted by atomic mass is 16.3. The van der Waals surface area contributed by atoms with Crippen LogP contribution in [0.2, 0.25) is 0 Å². The normalized spacial score (nSPS) is 13.6. The van der Waals surface area contributed by atoms with E-state index in [0.29, 0.717) is 12.5 Å². The molecule has 2 rings (SSSR count). The molecule has 1 aromatic heterocycles. The quantitative estimate of drug-likeness (QED) is 0.839. The van der Waals surface area contributed by atoms with Crippen LogP contribution in [0.4, 0.5) is 0 Å². The summed E-state index contributed by atoms with van der Waals surface area (Å²) < 4.78 is 2.31. The van der Waals surface area contributed by atoms with Crippen molar-refractivity contribution in [3.8, 4) is 0 Å². The summed E-state index contributed by atoms with van der Waals surface area (Å²) in [6, 6.07) is 11.0. The van der Waals surface area contributed by atoms with Crippen LogP contribution in [0.5, 0.6) is 0 Å². The van der Waals surface area contributed by atoms with Gasteiger partial charge < -0.3 is 9.67 Å². The lowest BCUT2D eigenvalue weighted by atomic mass is 10.2. The average Bonchev–Trinajstić information content (AvgIpc) is 2.53. The zero-order chi connectivity index (χ0) is 11.7. The molecule has 1 atom stereocenters. The molecule has 0 saturated heterocycles. The van der Waals surface area contributed by atoms with Crippen molar-refractivity contribution < 1.29 is 5.11 Å². The number of hydrogen-bond acceptors (Lipinski definition) is 1. The monoisotopic (exact) mass is 217 g/mol. The summed E-state index contributed by atoms with van der Waals surface area (Å²) in [5.74, 6) is 0. The van der Waals surface area contributed by atoms with Gasteiger partial charge in [0.25, 0.3) is 0 Å². The number of rotatable bonds is 3. The minimum absolute atomic E-state index is 0.290. The molecule has 1 N–H and O–H groups in total. The second kappa shape index (κ2) is 4.30. The first kappa shape index (κ1) is 11.2. The summed E-state index contributed by atoms with van der Waals surface area (Å²) in [5.41, 5.74) is 2.47. The predicted octanol–water partition coefficient (Wildman–Crippen LogP) is 3.15. The van der Waals surface area contributed by atoms with Crippen molar-refractivity contribution in [2.75, 3.05) is 0 Å². The van der Waals surface area contributed by atoms with Gasteiger partial charge in [-0.1, -0.05) is 18.2 Å². The fourth-order valence-electron chi connectivity index (χ4n) is 2.30. The Morgan fingerprint density at radius 1 is 1.19 bits per heavy atom. The Morgan fingerprint density at radius 3 is 2.50 bits per heavy atom. The molecule has 0 fully saturated rings. The van der Waals surface area contributed by atoms with Gasteiger partial charge in [-0.3, -0.25) is 0 Å². The van der Waals surface area contributed by atoms with Gasteiger partial charge in [-0.2, -0.15) is 0 Å². The lowest BCUT2D eigenvalue weighted by Gasteiger charge is -2.15. The Bertz CT molecular complexity index is 482. The third-order valence-electron chi connectivity index (χ3n) is 2.85. The van der Waals surface area contributed by atoms with Gasteiger partial charge >= 0.3 is 0 Å². The van der Waals surface area contributed by atoms with Gasteiger partial charge in [-0.15, -0.1) is 0 Å². The van der Waals surface area contributed by atoms with Crippen LogP contribution in [-0.4, -0.2) is 15.8 Å². The molecule has 0 saturated carbocycles. The first-order chi connectivity index (χ1) is 7.59. The van der Waals surface area contributed by atoms with Gasteiger partial charge in [0.1, 0.15) is 0 Å². The SMILES string of the molecule is CC(O)Cc1cc2ccccc2n1C(C)C. The maximum atomic E-state index is 9.52. The number of nitrogens with zero attached hydrogens (tertiary/aromatic N) is 1. The van der Waals surface area contributed by atoms with E-state index in [0.717, 1.165) is 0 Å². The van der Waals surface area contributed by atoms with Crippen molar-refractivity contribution in [2.45, 2.75) is 39.3 Å². The van der Waals surface area contributed by atoms with Crippen LogP contribution in [0.1, 0.15) is 32.5 Å². The first-order valence-corrected chi connectivity index (χ1v) is 5.86. The number of benzene rings is 1. The molecule has 0 spiro atoms. The molecule has 2 heteroatoms. The Kier molecular flexibility index (Phi) is 3.01. The minimum Gasteiger partial charge on any atom is -0.393 e. The molecule has 1 heterocycles. The smallest absolute Gasteiger partial charge is 0.0566 e. The minimum atomic E-state index is -0.290. The molecular weight excluding hydrogens is 198 g/mol. The van der Waals surface area contributed by atoms with Crippen molar-refractivity contribution in [1.82, 2.24) is 4.57 Å². The third-order valence-corrected chi connectivity index (χ3v) is 2.85. The van der Waals surface area contributed by atoms with Crippen LogP contribution >= 0.6 is 0 Å². The van der Waals surface area contributed by atoms with E-state index in [2.05, 4.69) is 48.7 Å². The fraction of sp³-hybridized carbons (Fsp3) is 0.429. The van der Waals surface area contributed by atoms with Crippen LogP contribution in [-0.2, 0) is 6.42 Å². The molecule has 0 aliphatic carbocycles. The summed E-state index contributed by atoms with van der Waals surface area (Å²) in [6.45, 7) is 6.19. The molecule has 1 aromatic carbocycles. The molecule has 16 heavy (non-hydrogen) atoms. The number of aromatic nitrogens is 1. The van der Waals surface area contributed by atoms with Crippen molar-refractivity contribution in [1.29, 1.82) is 0 Å². The molecular formula is C14H19NO. The molecule has 0 aliphatic heterocycles. The third kappa shape index (κ3) is 1.98. The summed E-state index contributed by atoms with van der Waals surface area (Å²) in [5, 5.41) is 10.8. The van der Waals surface area contributed by atoms with Gasteiger partial charge in [0.15, 0.2) is 0 Å². The highest BCUT2D eigenvalue weighted by Gasteiger charge is 2.12. The van der Waals surface area contributed by atoms with Crippen molar-refractivity contribution in [2.24, 2.45) is 0 Å². The van der Waals surface area contributed by atoms with Crippen molar-refractivity contribution in [3.05, 3.63) is 36.0 Å². The maximum absolute atomic E-state index is 9.52. The van der Waals surface area contributed by atoms with E-state index in [9.17, 15) is 5.11 Å². The first-order valence-electron chi connectivity index (χ1n) is 5.86. The number of aliphatic hydroxyl groups is 1. The molecule has 2 aromatic rings. The topological polar surface area (TPSA) is 25.2 Å². The van der Waals surface area contributed by atoms with E-state index in [4.69, 9.17) is 0 Å². The highest BCUT2D eigenvalue weighted by Crippen LogP contribution is 2.24. The second-order valence-corrected chi connectivity index (χ2v) is 4.71. The van der Waals surface area contributed by atoms with E-state index in [1.165, 1.54) is 16.6 Å². The van der Waals surface area contributed by atoms with Gasteiger partial charge in [0, 0.05) is 23.7 Å². The molecule has 0 radical (unpaired) electrons. The Balaban J connectivity index is 2.58. The van der Waals surface area contributed by atoms with E-state index >= 15 is 0 Å². The summed E-state index contributed by atoms with van der Waals surface area (Å²) >= 11 is 0. The van der Waals surface area contributed by atoms with E-state index in [1.807, 2.05) is 6.92 Å². The van der Waals surface area contributed by atoms with Crippen LogP contribution < -0.4 is 0 Å². The van der Waals surface area contributed by atoms with Gasteiger partial charge in [-0.05, 0) is 38.3 Å². The predicted molar refractivity (Wildman–Crippen MR) is 67.7 cm³/mol. The molecule has 86 valence electrons. The van der Waals surface area contributed by atoms with Gasteiger partial charge in [0.2, 0.25) is 0 Å². The van der Waals surface area contributed by atoms with Crippen molar-refractivity contribution >= 4 is 10.9 Å². The number of hydrogen-bond donors (Lipinski definition) is 1. The highest BCUT2D eigenvalue weighted by molar-refractivity contribution is 5.81. The molecule has 0 aliphatic rings. The average molecular weight is 217 g/mol. The Morgan fingerprint density at radius 2 is 1.88 bits per heavy atom. The summed E-state index contributed by atoms with van der Waals surface area (Å²) in [4.78, 5) is 0. The molecule has 1 unspecified atom stereocenters. The van der Waals surface area contributed by atoms with Crippen LogP contribution in [0.15, 0.2) is 30.3 Å². The molecule has 0 bridgehead atoms. The zero-order valence-electron chi connectivity index (χ0n) is 10.1. The summed E-state index contributed by atoms with van der Waals surface area (Å²) in [7, 11) is 0. The number of para-hydroxylation sites is 1. The number of fused-ring (bicyclic) bond motifs is 1. The van der Waals surface area contributed by atoms with Gasteiger partial charge in [-0.25, -0.2) is 0 Å².